The molecule has 1 aromatic heterocycles. The molecular formula is C18H12F3N3O3S. The zero-order chi connectivity index (χ0) is 20.3. The number of sulfonamides is 1. The van der Waals surface area contributed by atoms with Crippen LogP contribution in [-0.2, 0) is 10.0 Å². The second kappa shape index (κ2) is 7.69. The summed E-state index contributed by atoms with van der Waals surface area (Å²) in [6.45, 7) is 0. The summed E-state index contributed by atoms with van der Waals surface area (Å²) in [5.41, 5.74) is -0.509. The minimum atomic E-state index is -4.75. The molecule has 0 spiro atoms. The van der Waals surface area contributed by atoms with Gasteiger partial charge in [-0.1, -0.05) is 12.1 Å². The molecule has 2 N–H and O–H groups in total. The molecule has 0 aliphatic heterocycles. The molecule has 0 saturated carbocycles. The van der Waals surface area contributed by atoms with Gasteiger partial charge in [0.25, 0.3) is 15.9 Å². The van der Waals surface area contributed by atoms with Gasteiger partial charge < -0.3 is 5.32 Å². The van der Waals surface area contributed by atoms with Crippen molar-refractivity contribution in [3.8, 4) is 0 Å². The first-order valence-corrected chi connectivity index (χ1v) is 9.25. The topological polar surface area (TPSA) is 88.2 Å². The number of carbonyl (C=O) groups is 1. The van der Waals surface area contributed by atoms with Crippen molar-refractivity contribution < 1.29 is 26.4 Å². The maximum atomic E-state index is 13.8. The molecule has 0 fully saturated rings. The van der Waals surface area contributed by atoms with E-state index in [4.69, 9.17) is 0 Å². The van der Waals surface area contributed by atoms with Gasteiger partial charge in [0.05, 0.1) is 11.4 Å². The van der Waals surface area contributed by atoms with Crippen LogP contribution in [0.1, 0.15) is 10.5 Å². The number of hydrogen-bond acceptors (Lipinski definition) is 4. The number of pyridine rings is 1. The van der Waals surface area contributed by atoms with Gasteiger partial charge in [0, 0.05) is 12.3 Å². The molecule has 0 atom stereocenters. The smallest absolute Gasteiger partial charge is 0.274 e. The van der Waals surface area contributed by atoms with Crippen LogP contribution in [-0.4, -0.2) is 19.3 Å². The van der Waals surface area contributed by atoms with Gasteiger partial charge in [0.2, 0.25) is 0 Å². The molecule has 0 unspecified atom stereocenters. The van der Waals surface area contributed by atoms with Crippen molar-refractivity contribution in [3.05, 3.63) is 83.9 Å². The first-order valence-electron chi connectivity index (χ1n) is 7.77. The molecular weight excluding hydrogens is 395 g/mol. The number of benzene rings is 2. The van der Waals surface area contributed by atoms with Gasteiger partial charge in [-0.3, -0.25) is 14.5 Å². The molecule has 0 aliphatic carbocycles. The Kier molecular flexibility index (Phi) is 5.32. The van der Waals surface area contributed by atoms with Gasteiger partial charge >= 0.3 is 0 Å². The number of hydrogen-bond donors (Lipinski definition) is 2. The van der Waals surface area contributed by atoms with E-state index in [0.29, 0.717) is 0 Å². The van der Waals surface area contributed by atoms with Crippen molar-refractivity contribution in [2.75, 3.05) is 10.0 Å². The van der Waals surface area contributed by atoms with Crippen LogP contribution >= 0.6 is 0 Å². The lowest BCUT2D eigenvalue weighted by Gasteiger charge is -2.14. The van der Waals surface area contributed by atoms with Crippen LogP contribution in [0.25, 0.3) is 0 Å². The third-order valence-electron chi connectivity index (χ3n) is 3.56. The Morgan fingerprint density at radius 3 is 2.25 bits per heavy atom. The third-order valence-corrected chi connectivity index (χ3v) is 4.98. The summed E-state index contributed by atoms with van der Waals surface area (Å²) in [7, 11) is -4.75. The van der Waals surface area contributed by atoms with Crippen LogP contribution in [0.4, 0.5) is 24.5 Å². The van der Waals surface area contributed by atoms with Crippen LogP contribution in [0.3, 0.4) is 0 Å². The van der Waals surface area contributed by atoms with Gasteiger partial charge in [0.15, 0.2) is 4.90 Å². The maximum absolute atomic E-state index is 13.8. The van der Waals surface area contributed by atoms with E-state index in [1.165, 1.54) is 12.3 Å². The number of nitrogens with one attached hydrogen (secondary N) is 2. The van der Waals surface area contributed by atoms with Crippen molar-refractivity contribution in [3.63, 3.8) is 0 Å². The highest BCUT2D eigenvalue weighted by atomic mass is 32.2. The van der Waals surface area contributed by atoms with E-state index in [9.17, 15) is 26.4 Å². The quantitative estimate of drug-likeness (QED) is 0.677. The number of amides is 1. The second-order valence-electron chi connectivity index (χ2n) is 5.52. The van der Waals surface area contributed by atoms with E-state index in [0.717, 1.165) is 36.4 Å². The van der Waals surface area contributed by atoms with Crippen molar-refractivity contribution in [2.24, 2.45) is 0 Å². The molecule has 1 amide bonds. The average Bonchev–Trinajstić information content (AvgIpc) is 2.64. The Hall–Kier alpha value is -3.40. The van der Waals surface area contributed by atoms with E-state index in [1.54, 1.807) is 12.1 Å². The van der Waals surface area contributed by atoms with E-state index >= 15 is 0 Å². The summed E-state index contributed by atoms with van der Waals surface area (Å²) in [6.07, 6.45) is 1.38. The minimum Gasteiger partial charge on any atom is -0.319 e. The average molecular weight is 407 g/mol. The monoisotopic (exact) mass is 407 g/mol. The summed E-state index contributed by atoms with van der Waals surface area (Å²) in [4.78, 5) is 14.9. The Balaban J connectivity index is 1.96. The largest absolute Gasteiger partial charge is 0.319 e. The first kappa shape index (κ1) is 19.4. The molecule has 3 rings (SSSR count). The molecule has 0 radical (unpaired) electrons. The van der Waals surface area contributed by atoms with E-state index in [1.807, 2.05) is 4.72 Å². The van der Waals surface area contributed by atoms with Crippen molar-refractivity contribution in [1.29, 1.82) is 0 Å². The van der Waals surface area contributed by atoms with Gasteiger partial charge in [0.1, 0.15) is 23.1 Å². The highest BCUT2D eigenvalue weighted by Gasteiger charge is 2.25. The van der Waals surface area contributed by atoms with E-state index in [2.05, 4.69) is 10.3 Å². The summed E-state index contributed by atoms with van der Waals surface area (Å²) in [5, 5.41) is 2.37. The molecule has 6 nitrogen and oxygen atoms in total. The molecule has 0 bridgehead atoms. The SMILES string of the molecule is O=C(Nc1ccc(F)cc1NS(=O)(=O)c1c(F)cccc1F)c1ccccn1. The molecule has 144 valence electrons. The number of rotatable bonds is 5. The first-order chi connectivity index (χ1) is 13.3. The van der Waals surface area contributed by atoms with Crippen LogP contribution in [0.15, 0.2) is 65.7 Å². The lowest BCUT2D eigenvalue weighted by atomic mass is 10.2. The molecule has 2 aromatic carbocycles. The lowest BCUT2D eigenvalue weighted by molar-refractivity contribution is 0.102. The van der Waals surface area contributed by atoms with Crippen molar-refractivity contribution in [2.45, 2.75) is 4.90 Å². The van der Waals surface area contributed by atoms with Crippen molar-refractivity contribution >= 4 is 27.3 Å². The molecule has 1 heterocycles. The van der Waals surface area contributed by atoms with Crippen LogP contribution in [0.5, 0.6) is 0 Å². The number of carbonyl (C=O) groups excluding carboxylic acids is 1. The molecule has 0 aliphatic rings. The number of nitrogens with zero attached hydrogens (tertiary/aromatic N) is 1. The highest BCUT2D eigenvalue weighted by molar-refractivity contribution is 7.92. The maximum Gasteiger partial charge on any atom is 0.274 e. The predicted molar refractivity (Wildman–Crippen MR) is 95.8 cm³/mol. The minimum absolute atomic E-state index is 0.0285. The fourth-order valence-corrected chi connectivity index (χ4v) is 3.54. The molecule has 0 saturated heterocycles. The fraction of sp³-hybridized carbons (Fsp3) is 0. The molecule has 10 heteroatoms. The zero-order valence-corrected chi connectivity index (χ0v) is 14.8. The zero-order valence-electron chi connectivity index (χ0n) is 14.0. The van der Waals surface area contributed by atoms with Gasteiger partial charge in [-0.25, -0.2) is 21.6 Å². The predicted octanol–water partition coefficient (Wildman–Crippen LogP) is 3.55. The normalized spacial score (nSPS) is 11.1. The summed E-state index contributed by atoms with van der Waals surface area (Å²) < 4.78 is 68.1. The van der Waals surface area contributed by atoms with E-state index < -0.39 is 44.0 Å². The molecule has 3 aromatic rings. The Morgan fingerprint density at radius 2 is 1.61 bits per heavy atom. The number of anilines is 2. The molecule has 28 heavy (non-hydrogen) atoms. The van der Waals surface area contributed by atoms with Crippen LogP contribution < -0.4 is 10.0 Å². The van der Waals surface area contributed by atoms with Crippen LogP contribution in [0.2, 0.25) is 0 Å². The lowest BCUT2D eigenvalue weighted by Crippen LogP contribution is -2.19. The van der Waals surface area contributed by atoms with Crippen molar-refractivity contribution in [1.82, 2.24) is 4.98 Å². The van der Waals surface area contributed by atoms with Crippen LogP contribution in [0, 0.1) is 17.5 Å². The standard InChI is InChI=1S/C18H12F3N3O3S/c19-11-7-8-14(23-18(25)15-6-1-2-9-22-15)16(10-11)24-28(26,27)17-12(20)4-3-5-13(17)21/h1-10,24H,(H,23,25). The Morgan fingerprint density at radius 1 is 0.893 bits per heavy atom. The van der Waals surface area contributed by atoms with E-state index in [-0.39, 0.29) is 11.4 Å². The highest BCUT2D eigenvalue weighted by Crippen LogP contribution is 2.28. The summed E-state index contributed by atoms with van der Waals surface area (Å²) in [6, 6.07) is 9.97. The Labute approximate surface area is 158 Å². The van der Waals surface area contributed by atoms with Gasteiger partial charge in [-0.2, -0.15) is 0 Å². The summed E-state index contributed by atoms with van der Waals surface area (Å²) >= 11 is 0. The Bertz CT molecular complexity index is 1120. The number of aromatic nitrogens is 1. The van der Waals surface area contributed by atoms with Gasteiger partial charge in [-0.15, -0.1) is 0 Å². The third kappa shape index (κ3) is 4.12. The number of halogens is 3. The second-order valence-corrected chi connectivity index (χ2v) is 7.13. The van der Waals surface area contributed by atoms with Gasteiger partial charge in [-0.05, 0) is 36.4 Å². The fourth-order valence-electron chi connectivity index (χ4n) is 2.33. The summed E-state index contributed by atoms with van der Waals surface area (Å²) in [5.74, 6) is -4.15.